The lowest BCUT2D eigenvalue weighted by Gasteiger charge is -2.10. The van der Waals surface area contributed by atoms with Crippen LogP contribution in [0.5, 0.6) is 0 Å². The number of pyridine rings is 1. The monoisotopic (exact) mass is 294 g/mol. The number of hydrogen-bond acceptors (Lipinski definition) is 4. The quantitative estimate of drug-likeness (QED) is 0.791. The third kappa shape index (κ3) is 4.04. The highest BCUT2D eigenvalue weighted by Gasteiger charge is 2.38. The first-order valence-electron chi connectivity index (χ1n) is 6.50. The maximum Gasteiger partial charge on any atom is 0.242 e. The lowest BCUT2D eigenvalue weighted by atomic mass is 10.2. The number of aromatic nitrogens is 1. The van der Waals surface area contributed by atoms with Crippen LogP contribution in [-0.4, -0.2) is 31.7 Å². The Kier molecular flexibility index (Phi) is 4.43. The van der Waals surface area contributed by atoms with E-state index in [1.165, 1.54) is 18.5 Å². The van der Waals surface area contributed by atoms with Crippen LogP contribution in [0.3, 0.4) is 0 Å². The molecule has 108 valence electrons. The van der Waals surface area contributed by atoms with E-state index in [1.54, 1.807) is 0 Å². The van der Waals surface area contributed by atoms with Crippen LogP contribution >= 0.6 is 0 Å². The van der Waals surface area contributed by atoms with Crippen molar-refractivity contribution in [3.63, 3.8) is 0 Å². The minimum absolute atomic E-state index is 0.0153. The Labute approximate surface area is 119 Å². The fraction of sp³-hybridized carbons (Fsp3) is 0.500. The molecule has 0 unspecified atom stereocenters. The highest BCUT2D eigenvalue weighted by Crippen LogP contribution is 2.44. The van der Waals surface area contributed by atoms with Gasteiger partial charge in [0.1, 0.15) is 4.90 Å². The number of rotatable bonds is 5. The fourth-order valence-corrected chi connectivity index (χ4v) is 2.78. The largest absolute Gasteiger partial charge is 0.395 e. The molecule has 0 amide bonds. The van der Waals surface area contributed by atoms with E-state index in [9.17, 15) is 8.42 Å². The second-order valence-electron chi connectivity index (χ2n) is 5.32. The fourth-order valence-electron chi connectivity index (χ4n) is 1.60. The van der Waals surface area contributed by atoms with Crippen LogP contribution in [0.1, 0.15) is 31.7 Å². The summed E-state index contributed by atoms with van der Waals surface area (Å²) < 4.78 is 26.9. The summed E-state index contributed by atoms with van der Waals surface area (Å²) in [6.45, 7) is 2.50. The van der Waals surface area contributed by atoms with E-state index in [-0.39, 0.29) is 16.9 Å². The van der Waals surface area contributed by atoms with Gasteiger partial charge >= 0.3 is 0 Å². The molecule has 1 saturated carbocycles. The predicted octanol–water partition coefficient (Wildman–Crippen LogP) is 0.894. The van der Waals surface area contributed by atoms with Crippen molar-refractivity contribution in [3.8, 4) is 11.8 Å². The van der Waals surface area contributed by atoms with Gasteiger partial charge in [-0.3, -0.25) is 4.98 Å². The number of sulfonamides is 1. The van der Waals surface area contributed by atoms with Crippen molar-refractivity contribution in [2.75, 3.05) is 13.2 Å². The van der Waals surface area contributed by atoms with Crippen LogP contribution in [0.4, 0.5) is 0 Å². The van der Waals surface area contributed by atoms with Crippen LogP contribution in [-0.2, 0) is 10.0 Å². The van der Waals surface area contributed by atoms with Gasteiger partial charge in [0.05, 0.1) is 6.61 Å². The van der Waals surface area contributed by atoms with E-state index >= 15 is 0 Å². The Morgan fingerprint density at radius 2 is 2.20 bits per heavy atom. The lowest BCUT2D eigenvalue weighted by molar-refractivity contribution is 0.305. The molecule has 0 saturated heterocycles. The summed E-state index contributed by atoms with van der Waals surface area (Å²) in [5.74, 6) is 5.52. The Bertz CT molecular complexity index is 640. The van der Waals surface area contributed by atoms with E-state index in [2.05, 4.69) is 28.5 Å². The first-order valence-corrected chi connectivity index (χ1v) is 7.98. The summed E-state index contributed by atoms with van der Waals surface area (Å²) in [5, 5.41) is 8.66. The van der Waals surface area contributed by atoms with Gasteiger partial charge in [-0.15, -0.1) is 0 Å². The van der Waals surface area contributed by atoms with Crippen molar-refractivity contribution < 1.29 is 13.5 Å². The molecule has 0 aromatic carbocycles. The molecule has 1 aromatic rings. The molecule has 0 spiro atoms. The molecule has 1 aliphatic rings. The SMILES string of the molecule is CC1(CNS(=O)(=O)c2cncc(C#CCCO)c2)CC1. The molecule has 2 rings (SSSR count). The summed E-state index contributed by atoms with van der Waals surface area (Å²) in [4.78, 5) is 4.03. The lowest BCUT2D eigenvalue weighted by Crippen LogP contribution is -2.29. The van der Waals surface area contributed by atoms with E-state index in [0.29, 0.717) is 18.5 Å². The molecular formula is C14H18N2O3S. The van der Waals surface area contributed by atoms with Crippen molar-refractivity contribution in [1.82, 2.24) is 9.71 Å². The van der Waals surface area contributed by atoms with Crippen molar-refractivity contribution in [2.24, 2.45) is 5.41 Å². The van der Waals surface area contributed by atoms with Gasteiger partial charge in [0.2, 0.25) is 10.0 Å². The average Bonchev–Trinajstić information content (AvgIpc) is 3.16. The zero-order chi connectivity index (χ0) is 14.6. The first kappa shape index (κ1) is 15.0. The maximum atomic E-state index is 12.1. The number of aliphatic hydroxyl groups excluding tert-OH is 1. The normalized spacial score (nSPS) is 16.3. The molecule has 0 atom stereocenters. The molecule has 20 heavy (non-hydrogen) atoms. The minimum Gasteiger partial charge on any atom is -0.395 e. The predicted molar refractivity (Wildman–Crippen MR) is 75.3 cm³/mol. The number of aliphatic hydroxyl groups is 1. The summed E-state index contributed by atoms with van der Waals surface area (Å²) in [5.41, 5.74) is 0.637. The van der Waals surface area contributed by atoms with E-state index < -0.39 is 10.0 Å². The van der Waals surface area contributed by atoms with Gasteiger partial charge in [0.25, 0.3) is 0 Å². The van der Waals surface area contributed by atoms with Crippen LogP contribution in [0.2, 0.25) is 0 Å². The third-order valence-corrected chi connectivity index (χ3v) is 4.65. The van der Waals surface area contributed by atoms with Gasteiger partial charge in [-0.1, -0.05) is 18.8 Å². The number of hydrogen-bond donors (Lipinski definition) is 2. The molecule has 0 bridgehead atoms. The first-order chi connectivity index (χ1) is 9.45. The van der Waals surface area contributed by atoms with Gasteiger partial charge in [0.15, 0.2) is 0 Å². The minimum atomic E-state index is -3.54. The van der Waals surface area contributed by atoms with Crippen LogP contribution in [0, 0.1) is 17.3 Å². The second kappa shape index (κ2) is 5.92. The van der Waals surface area contributed by atoms with Crippen molar-refractivity contribution in [1.29, 1.82) is 0 Å². The summed E-state index contributed by atoms with van der Waals surface area (Å²) in [6, 6.07) is 1.49. The summed E-state index contributed by atoms with van der Waals surface area (Å²) in [6.07, 6.45) is 5.29. The maximum absolute atomic E-state index is 12.1. The number of nitrogens with one attached hydrogen (secondary N) is 1. The van der Waals surface area contributed by atoms with Crippen molar-refractivity contribution in [3.05, 3.63) is 24.0 Å². The zero-order valence-corrected chi connectivity index (χ0v) is 12.2. The smallest absolute Gasteiger partial charge is 0.242 e. The van der Waals surface area contributed by atoms with E-state index in [0.717, 1.165) is 12.8 Å². The molecule has 1 aliphatic carbocycles. The van der Waals surface area contributed by atoms with Gasteiger partial charge in [0, 0.05) is 30.9 Å². The molecular weight excluding hydrogens is 276 g/mol. The summed E-state index contributed by atoms with van der Waals surface area (Å²) in [7, 11) is -3.54. The zero-order valence-electron chi connectivity index (χ0n) is 11.4. The highest BCUT2D eigenvalue weighted by atomic mass is 32.2. The molecule has 2 N–H and O–H groups in total. The molecule has 1 aromatic heterocycles. The van der Waals surface area contributed by atoms with E-state index in [1.807, 2.05) is 0 Å². The molecule has 0 aliphatic heterocycles. The van der Waals surface area contributed by atoms with Crippen LogP contribution in [0.25, 0.3) is 0 Å². The highest BCUT2D eigenvalue weighted by molar-refractivity contribution is 7.89. The van der Waals surface area contributed by atoms with Gasteiger partial charge in [-0.25, -0.2) is 13.1 Å². The Morgan fingerprint density at radius 3 is 2.85 bits per heavy atom. The average molecular weight is 294 g/mol. The van der Waals surface area contributed by atoms with Crippen molar-refractivity contribution in [2.45, 2.75) is 31.1 Å². The van der Waals surface area contributed by atoms with Gasteiger partial charge in [-0.2, -0.15) is 0 Å². The van der Waals surface area contributed by atoms with Crippen LogP contribution in [0.15, 0.2) is 23.4 Å². The standard InChI is InChI=1S/C14H18N2O3S/c1-14(5-6-14)11-16-20(18,19)13-8-12(9-15-10-13)4-2-3-7-17/h8-10,16-17H,3,5-7,11H2,1H3. The Morgan fingerprint density at radius 1 is 1.45 bits per heavy atom. The third-order valence-electron chi connectivity index (χ3n) is 3.29. The van der Waals surface area contributed by atoms with E-state index in [4.69, 9.17) is 5.11 Å². The van der Waals surface area contributed by atoms with Gasteiger partial charge in [-0.05, 0) is 24.3 Å². The van der Waals surface area contributed by atoms with Crippen molar-refractivity contribution >= 4 is 10.0 Å². The second-order valence-corrected chi connectivity index (χ2v) is 7.09. The Hall–Kier alpha value is -1.42. The topological polar surface area (TPSA) is 79.3 Å². The molecule has 1 heterocycles. The van der Waals surface area contributed by atoms with Crippen LogP contribution < -0.4 is 4.72 Å². The molecule has 6 heteroatoms. The number of nitrogens with zero attached hydrogens (tertiary/aromatic N) is 1. The molecule has 1 fully saturated rings. The molecule has 0 radical (unpaired) electrons. The molecule has 5 nitrogen and oxygen atoms in total. The van der Waals surface area contributed by atoms with Gasteiger partial charge < -0.3 is 5.11 Å². The summed E-state index contributed by atoms with van der Waals surface area (Å²) >= 11 is 0. The Balaban J connectivity index is 2.11.